The van der Waals surface area contributed by atoms with Gasteiger partial charge in [-0.1, -0.05) is 24.6 Å². The van der Waals surface area contributed by atoms with Crippen molar-refractivity contribution in [2.75, 3.05) is 6.54 Å². The summed E-state index contributed by atoms with van der Waals surface area (Å²) in [5, 5.41) is 3.96. The number of halogens is 2. The summed E-state index contributed by atoms with van der Waals surface area (Å²) in [6.45, 7) is 4.98. The highest BCUT2D eigenvalue weighted by Gasteiger charge is 2.17. The number of furan rings is 1. The van der Waals surface area contributed by atoms with Crippen LogP contribution in [-0.2, 0) is 6.42 Å². The summed E-state index contributed by atoms with van der Waals surface area (Å²) in [5.74, 6) is 0.591. The van der Waals surface area contributed by atoms with E-state index >= 15 is 0 Å². The van der Waals surface area contributed by atoms with E-state index in [2.05, 4.69) is 12.2 Å². The fourth-order valence-corrected chi connectivity index (χ4v) is 2.52. The maximum atomic E-state index is 13.1. The first-order chi connectivity index (χ1) is 9.61. The molecule has 2 nitrogen and oxygen atoms in total. The molecule has 0 aliphatic heterocycles. The van der Waals surface area contributed by atoms with E-state index in [0.29, 0.717) is 11.4 Å². The highest BCUT2D eigenvalue weighted by Crippen LogP contribution is 2.26. The van der Waals surface area contributed by atoms with Crippen molar-refractivity contribution in [3.8, 4) is 0 Å². The van der Waals surface area contributed by atoms with Gasteiger partial charge in [-0.25, -0.2) is 4.39 Å². The third-order valence-electron chi connectivity index (χ3n) is 3.35. The Hall–Kier alpha value is -1.32. The molecule has 0 amide bonds. The lowest BCUT2D eigenvalue weighted by Crippen LogP contribution is -2.24. The molecule has 0 aliphatic carbocycles. The van der Waals surface area contributed by atoms with Gasteiger partial charge in [0, 0.05) is 16.6 Å². The van der Waals surface area contributed by atoms with E-state index in [0.717, 1.165) is 29.9 Å². The van der Waals surface area contributed by atoms with Crippen molar-refractivity contribution < 1.29 is 8.81 Å². The van der Waals surface area contributed by atoms with Crippen molar-refractivity contribution in [3.63, 3.8) is 0 Å². The molecule has 2 rings (SSSR count). The van der Waals surface area contributed by atoms with Gasteiger partial charge in [-0.2, -0.15) is 0 Å². The van der Waals surface area contributed by atoms with Gasteiger partial charge in [-0.05, 0) is 50.1 Å². The predicted molar refractivity (Wildman–Crippen MR) is 79.6 cm³/mol. The largest absolute Gasteiger partial charge is 0.469 e. The van der Waals surface area contributed by atoms with Crippen molar-refractivity contribution in [3.05, 3.63) is 58.3 Å². The molecular formula is C16H19ClFNO. The Bertz CT molecular complexity index is 567. The first kappa shape index (κ1) is 15.1. The van der Waals surface area contributed by atoms with Gasteiger partial charge in [0.1, 0.15) is 11.6 Å². The molecule has 0 saturated carbocycles. The summed E-state index contributed by atoms with van der Waals surface area (Å²) in [6.07, 6.45) is 3.45. The average molecular weight is 296 g/mol. The zero-order valence-electron chi connectivity index (χ0n) is 11.7. The molecule has 0 spiro atoms. The zero-order valence-corrected chi connectivity index (χ0v) is 12.5. The molecule has 0 bridgehead atoms. The SMILES string of the molecule is CCCNC(Cc1ccc(F)cc1Cl)c1ccoc1C. The summed E-state index contributed by atoms with van der Waals surface area (Å²) in [6, 6.07) is 6.64. The molecular weight excluding hydrogens is 277 g/mol. The van der Waals surface area contributed by atoms with Crippen LogP contribution in [-0.4, -0.2) is 6.54 Å². The molecule has 20 heavy (non-hydrogen) atoms. The first-order valence-electron chi connectivity index (χ1n) is 6.83. The Morgan fingerprint density at radius 1 is 1.35 bits per heavy atom. The van der Waals surface area contributed by atoms with Crippen molar-refractivity contribution in [1.29, 1.82) is 0 Å². The van der Waals surface area contributed by atoms with Crippen LogP contribution < -0.4 is 5.32 Å². The Kier molecular flexibility index (Phi) is 5.21. The lowest BCUT2D eigenvalue weighted by Gasteiger charge is -2.19. The fourth-order valence-electron chi connectivity index (χ4n) is 2.27. The van der Waals surface area contributed by atoms with Crippen LogP contribution in [0, 0.1) is 12.7 Å². The first-order valence-corrected chi connectivity index (χ1v) is 7.21. The minimum atomic E-state index is -0.309. The smallest absolute Gasteiger partial charge is 0.124 e. The lowest BCUT2D eigenvalue weighted by molar-refractivity contribution is 0.493. The molecule has 0 aliphatic rings. The third kappa shape index (κ3) is 3.62. The quantitative estimate of drug-likeness (QED) is 0.838. The summed E-state index contributed by atoms with van der Waals surface area (Å²) in [4.78, 5) is 0. The number of benzene rings is 1. The lowest BCUT2D eigenvalue weighted by atomic mass is 9.99. The van der Waals surface area contributed by atoms with E-state index in [-0.39, 0.29) is 11.9 Å². The standard InChI is InChI=1S/C16H19ClFNO/c1-3-7-19-16(14-6-8-20-11(14)2)9-12-4-5-13(18)10-15(12)17/h4-6,8,10,16,19H,3,7,9H2,1-2H3. The second kappa shape index (κ2) is 6.91. The molecule has 1 N–H and O–H groups in total. The predicted octanol–water partition coefficient (Wildman–Crippen LogP) is 4.66. The average Bonchev–Trinajstić information content (AvgIpc) is 2.83. The molecule has 1 atom stereocenters. The molecule has 1 aromatic carbocycles. The van der Waals surface area contributed by atoms with Crippen LogP contribution in [0.25, 0.3) is 0 Å². The Morgan fingerprint density at radius 2 is 2.15 bits per heavy atom. The molecule has 0 fully saturated rings. The second-order valence-corrected chi connectivity index (χ2v) is 5.29. The third-order valence-corrected chi connectivity index (χ3v) is 3.71. The Balaban J connectivity index is 2.21. The fraction of sp³-hybridized carbons (Fsp3) is 0.375. The van der Waals surface area contributed by atoms with E-state index in [1.54, 1.807) is 12.3 Å². The summed E-state index contributed by atoms with van der Waals surface area (Å²) >= 11 is 6.12. The molecule has 108 valence electrons. The highest BCUT2D eigenvalue weighted by molar-refractivity contribution is 6.31. The van der Waals surface area contributed by atoms with E-state index in [1.807, 2.05) is 13.0 Å². The minimum Gasteiger partial charge on any atom is -0.469 e. The van der Waals surface area contributed by atoms with Gasteiger partial charge in [-0.15, -0.1) is 0 Å². The van der Waals surface area contributed by atoms with E-state index in [1.165, 1.54) is 12.1 Å². The second-order valence-electron chi connectivity index (χ2n) is 4.88. The molecule has 1 unspecified atom stereocenters. The molecule has 1 heterocycles. The minimum absolute atomic E-state index is 0.122. The van der Waals surface area contributed by atoms with Crippen LogP contribution in [0.1, 0.15) is 36.3 Å². The van der Waals surface area contributed by atoms with Crippen LogP contribution >= 0.6 is 11.6 Å². The zero-order chi connectivity index (χ0) is 14.5. The summed E-state index contributed by atoms with van der Waals surface area (Å²) in [7, 11) is 0. The van der Waals surface area contributed by atoms with Crippen LogP contribution in [0.5, 0.6) is 0 Å². The number of rotatable bonds is 6. The van der Waals surface area contributed by atoms with E-state index < -0.39 is 0 Å². The van der Waals surface area contributed by atoms with Crippen molar-refractivity contribution >= 4 is 11.6 Å². The van der Waals surface area contributed by atoms with Gasteiger partial charge in [0.15, 0.2) is 0 Å². The maximum absolute atomic E-state index is 13.1. The maximum Gasteiger partial charge on any atom is 0.124 e. The van der Waals surface area contributed by atoms with Crippen LogP contribution in [0.4, 0.5) is 4.39 Å². The van der Waals surface area contributed by atoms with Crippen molar-refractivity contribution in [1.82, 2.24) is 5.32 Å². The van der Waals surface area contributed by atoms with Gasteiger partial charge in [-0.3, -0.25) is 0 Å². The number of hydrogen-bond donors (Lipinski definition) is 1. The van der Waals surface area contributed by atoms with Crippen LogP contribution in [0.2, 0.25) is 5.02 Å². The topological polar surface area (TPSA) is 25.2 Å². The van der Waals surface area contributed by atoms with Gasteiger partial charge in [0.2, 0.25) is 0 Å². The van der Waals surface area contributed by atoms with Gasteiger partial charge >= 0.3 is 0 Å². The van der Waals surface area contributed by atoms with Crippen LogP contribution in [0.15, 0.2) is 34.9 Å². The molecule has 0 saturated heterocycles. The van der Waals surface area contributed by atoms with E-state index in [4.69, 9.17) is 16.0 Å². The molecule has 1 aromatic heterocycles. The number of aryl methyl sites for hydroxylation is 1. The van der Waals surface area contributed by atoms with Crippen molar-refractivity contribution in [2.45, 2.75) is 32.7 Å². The van der Waals surface area contributed by atoms with Gasteiger partial charge < -0.3 is 9.73 Å². The highest BCUT2D eigenvalue weighted by atomic mass is 35.5. The Labute approximate surface area is 123 Å². The molecule has 4 heteroatoms. The van der Waals surface area contributed by atoms with Crippen molar-refractivity contribution in [2.24, 2.45) is 0 Å². The number of hydrogen-bond acceptors (Lipinski definition) is 2. The monoisotopic (exact) mass is 295 g/mol. The van der Waals surface area contributed by atoms with E-state index in [9.17, 15) is 4.39 Å². The van der Waals surface area contributed by atoms with Crippen LogP contribution in [0.3, 0.4) is 0 Å². The summed E-state index contributed by atoms with van der Waals surface area (Å²) < 4.78 is 18.5. The molecule has 0 radical (unpaired) electrons. The Morgan fingerprint density at radius 3 is 2.75 bits per heavy atom. The normalized spacial score (nSPS) is 12.6. The number of nitrogens with one attached hydrogen (secondary N) is 1. The molecule has 2 aromatic rings. The van der Waals surface area contributed by atoms with Gasteiger partial charge in [0.25, 0.3) is 0 Å². The van der Waals surface area contributed by atoms with Gasteiger partial charge in [0.05, 0.1) is 6.26 Å². The summed E-state index contributed by atoms with van der Waals surface area (Å²) in [5.41, 5.74) is 2.06.